The SMILES string of the molecule is N#Cc1ccc(-c2ccc(C3CCC(CCC/C=C/F)CC3)cc2)cc1. The van der Waals surface area contributed by atoms with Gasteiger partial charge >= 0.3 is 0 Å². The monoisotopic (exact) mass is 347 g/mol. The Balaban J connectivity index is 1.53. The lowest BCUT2D eigenvalue weighted by Crippen LogP contribution is -2.13. The number of halogens is 1. The van der Waals surface area contributed by atoms with Crippen molar-refractivity contribution in [1.29, 1.82) is 5.26 Å². The van der Waals surface area contributed by atoms with Crippen molar-refractivity contribution in [3.05, 3.63) is 72.1 Å². The van der Waals surface area contributed by atoms with Crippen LogP contribution in [0.15, 0.2) is 60.9 Å². The van der Waals surface area contributed by atoms with E-state index in [1.165, 1.54) is 43.2 Å². The summed E-state index contributed by atoms with van der Waals surface area (Å²) in [5.41, 5.74) is 4.50. The predicted octanol–water partition coefficient (Wildman–Crippen LogP) is 7.15. The van der Waals surface area contributed by atoms with Crippen molar-refractivity contribution < 1.29 is 4.39 Å². The maximum absolute atomic E-state index is 12.0. The van der Waals surface area contributed by atoms with Gasteiger partial charge in [0.15, 0.2) is 0 Å². The number of allylic oxidation sites excluding steroid dienone is 1. The van der Waals surface area contributed by atoms with Crippen LogP contribution in [0.4, 0.5) is 4.39 Å². The molecule has 0 spiro atoms. The molecule has 0 bridgehead atoms. The van der Waals surface area contributed by atoms with Gasteiger partial charge in [0.1, 0.15) is 0 Å². The van der Waals surface area contributed by atoms with Crippen LogP contribution in [-0.2, 0) is 0 Å². The molecule has 0 N–H and O–H groups in total. The lowest BCUT2D eigenvalue weighted by atomic mass is 9.77. The molecule has 3 rings (SSSR count). The van der Waals surface area contributed by atoms with Gasteiger partial charge in [-0.15, -0.1) is 0 Å². The highest BCUT2D eigenvalue weighted by atomic mass is 19.1. The van der Waals surface area contributed by atoms with Gasteiger partial charge < -0.3 is 0 Å². The molecule has 134 valence electrons. The molecule has 2 aromatic carbocycles. The third kappa shape index (κ3) is 4.82. The van der Waals surface area contributed by atoms with Gasteiger partial charge in [-0.25, -0.2) is 4.39 Å². The molecule has 2 heteroatoms. The van der Waals surface area contributed by atoms with E-state index in [0.29, 0.717) is 17.8 Å². The molecular formula is C24H26FN. The second-order valence-electron chi connectivity index (χ2n) is 7.32. The normalized spacial score (nSPS) is 20.2. The molecule has 0 radical (unpaired) electrons. The van der Waals surface area contributed by atoms with E-state index < -0.39 is 0 Å². The van der Waals surface area contributed by atoms with Crippen molar-refractivity contribution in [3.8, 4) is 17.2 Å². The molecule has 1 aliphatic rings. The predicted molar refractivity (Wildman–Crippen MR) is 105 cm³/mol. The molecule has 1 saturated carbocycles. The Labute approximate surface area is 156 Å². The summed E-state index contributed by atoms with van der Waals surface area (Å²) in [5.74, 6) is 1.49. The summed E-state index contributed by atoms with van der Waals surface area (Å²) in [6.45, 7) is 0. The molecule has 1 nitrogen and oxygen atoms in total. The fourth-order valence-corrected chi connectivity index (χ4v) is 4.06. The fraction of sp³-hybridized carbons (Fsp3) is 0.375. The number of rotatable bonds is 6. The number of unbranched alkanes of at least 4 members (excludes halogenated alkanes) is 1. The summed E-state index contributed by atoms with van der Waals surface area (Å²) in [6.07, 6.45) is 10.6. The van der Waals surface area contributed by atoms with Crippen molar-refractivity contribution in [2.24, 2.45) is 5.92 Å². The highest BCUT2D eigenvalue weighted by molar-refractivity contribution is 5.64. The Bertz CT molecular complexity index is 744. The van der Waals surface area contributed by atoms with E-state index in [2.05, 4.69) is 30.3 Å². The zero-order chi connectivity index (χ0) is 18.2. The quantitative estimate of drug-likeness (QED) is 0.509. The first kappa shape index (κ1) is 18.4. The first-order valence-corrected chi connectivity index (χ1v) is 9.66. The molecule has 0 amide bonds. The van der Waals surface area contributed by atoms with E-state index in [4.69, 9.17) is 5.26 Å². The van der Waals surface area contributed by atoms with Crippen molar-refractivity contribution in [3.63, 3.8) is 0 Å². The smallest absolute Gasteiger partial charge is 0.0991 e. The van der Waals surface area contributed by atoms with Crippen molar-refractivity contribution >= 4 is 0 Å². The Morgan fingerprint density at radius 1 is 0.923 bits per heavy atom. The van der Waals surface area contributed by atoms with E-state index >= 15 is 0 Å². The zero-order valence-corrected chi connectivity index (χ0v) is 15.2. The average Bonchev–Trinajstić information content (AvgIpc) is 2.72. The van der Waals surface area contributed by atoms with Crippen LogP contribution in [0.1, 0.15) is 62.0 Å². The van der Waals surface area contributed by atoms with Crippen LogP contribution in [0.25, 0.3) is 11.1 Å². The Kier molecular flexibility index (Phi) is 6.61. The summed E-state index contributed by atoms with van der Waals surface area (Å²) < 4.78 is 12.0. The van der Waals surface area contributed by atoms with Crippen molar-refractivity contribution in [1.82, 2.24) is 0 Å². The van der Waals surface area contributed by atoms with Crippen LogP contribution in [0.5, 0.6) is 0 Å². The third-order valence-electron chi connectivity index (χ3n) is 5.65. The minimum atomic E-state index is 0.665. The number of benzene rings is 2. The van der Waals surface area contributed by atoms with Crippen molar-refractivity contribution in [2.45, 2.75) is 50.9 Å². The molecule has 0 unspecified atom stereocenters. The van der Waals surface area contributed by atoms with Crippen LogP contribution >= 0.6 is 0 Å². The molecule has 0 heterocycles. The van der Waals surface area contributed by atoms with Gasteiger partial charge in [0, 0.05) is 0 Å². The van der Waals surface area contributed by atoms with E-state index in [-0.39, 0.29) is 0 Å². The van der Waals surface area contributed by atoms with Gasteiger partial charge in [0.2, 0.25) is 0 Å². The average molecular weight is 347 g/mol. The van der Waals surface area contributed by atoms with Gasteiger partial charge in [-0.2, -0.15) is 5.26 Å². The summed E-state index contributed by atoms with van der Waals surface area (Å²) in [5, 5.41) is 8.90. The maximum Gasteiger partial charge on any atom is 0.0991 e. The Hall–Kier alpha value is -2.40. The Morgan fingerprint density at radius 2 is 1.54 bits per heavy atom. The van der Waals surface area contributed by atoms with Crippen LogP contribution in [-0.4, -0.2) is 0 Å². The van der Waals surface area contributed by atoms with Crippen LogP contribution < -0.4 is 0 Å². The summed E-state index contributed by atoms with van der Waals surface area (Å²) in [6, 6.07) is 18.9. The number of hydrogen-bond acceptors (Lipinski definition) is 1. The second kappa shape index (κ2) is 9.34. The van der Waals surface area contributed by atoms with Crippen molar-refractivity contribution in [2.75, 3.05) is 0 Å². The lowest BCUT2D eigenvalue weighted by Gasteiger charge is -2.29. The molecular weight excluding hydrogens is 321 g/mol. The van der Waals surface area contributed by atoms with Gasteiger partial charge in [0.25, 0.3) is 0 Å². The molecule has 1 fully saturated rings. The molecule has 0 aromatic heterocycles. The molecule has 0 atom stereocenters. The maximum atomic E-state index is 12.0. The highest BCUT2D eigenvalue weighted by Gasteiger charge is 2.21. The number of nitriles is 1. The van der Waals surface area contributed by atoms with Crippen LogP contribution in [0.3, 0.4) is 0 Å². The Morgan fingerprint density at radius 3 is 2.12 bits per heavy atom. The minimum Gasteiger partial charge on any atom is -0.216 e. The van der Waals surface area contributed by atoms with Crippen LogP contribution in [0, 0.1) is 17.2 Å². The molecule has 1 aliphatic carbocycles. The first-order valence-electron chi connectivity index (χ1n) is 9.66. The fourth-order valence-electron chi connectivity index (χ4n) is 4.06. The van der Waals surface area contributed by atoms with Gasteiger partial charge in [-0.05, 0) is 79.2 Å². The summed E-state index contributed by atoms with van der Waals surface area (Å²) in [4.78, 5) is 0. The van der Waals surface area contributed by atoms with Gasteiger partial charge in [0.05, 0.1) is 18.0 Å². The van der Waals surface area contributed by atoms with E-state index in [1.807, 2.05) is 24.3 Å². The molecule has 2 aromatic rings. The highest BCUT2D eigenvalue weighted by Crippen LogP contribution is 2.38. The van der Waals surface area contributed by atoms with Crippen LogP contribution in [0.2, 0.25) is 0 Å². The minimum absolute atomic E-state index is 0.665. The topological polar surface area (TPSA) is 23.8 Å². The third-order valence-corrected chi connectivity index (χ3v) is 5.65. The zero-order valence-electron chi connectivity index (χ0n) is 15.2. The molecule has 26 heavy (non-hydrogen) atoms. The number of nitrogens with zero attached hydrogens (tertiary/aromatic N) is 1. The summed E-state index contributed by atoms with van der Waals surface area (Å²) >= 11 is 0. The lowest BCUT2D eigenvalue weighted by molar-refractivity contribution is 0.305. The standard InChI is InChI=1S/C24H26FN/c25-17-3-1-2-4-19-5-9-21(10-6-19)23-13-15-24(16-14-23)22-11-7-20(18-26)8-12-22/h3,7-8,11-17,19,21H,1-2,4-6,9-10H2/b17-3+. The van der Waals surface area contributed by atoms with E-state index in [1.54, 1.807) is 6.08 Å². The number of hydrogen-bond donors (Lipinski definition) is 0. The van der Waals surface area contributed by atoms with Gasteiger partial charge in [-0.3, -0.25) is 0 Å². The van der Waals surface area contributed by atoms with Gasteiger partial charge in [-0.1, -0.05) is 48.9 Å². The molecule has 0 aliphatic heterocycles. The van der Waals surface area contributed by atoms with E-state index in [0.717, 1.165) is 24.3 Å². The summed E-state index contributed by atoms with van der Waals surface area (Å²) in [7, 11) is 0. The largest absolute Gasteiger partial charge is 0.216 e. The van der Waals surface area contributed by atoms with E-state index in [9.17, 15) is 4.39 Å². The first-order chi connectivity index (χ1) is 12.8. The second-order valence-corrected chi connectivity index (χ2v) is 7.32. The molecule has 0 saturated heterocycles.